The Morgan fingerprint density at radius 2 is 1.80 bits per heavy atom. The molecule has 1 nitrogen and oxygen atoms in total. The van der Waals surface area contributed by atoms with Gasteiger partial charge in [-0.15, -0.1) is 0 Å². The molecule has 0 unspecified atom stereocenters. The van der Waals surface area contributed by atoms with Crippen LogP contribution in [-0.2, 0) is 0 Å². The molecule has 5 heteroatoms. The molecule has 2 N–H and O–H groups in total. The summed E-state index contributed by atoms with van der Waals surface area (Å²) < 4.78 is 0. The first-order valence-electron chi connectivity index (χ1n) is 1.62. The van der Waals surface area contributed by atoms with Gasteiger partial charge in [-0.25, -0.2) is 0 Å². The predicted molar refractivity (Wildman–Crippen MR) is 34.2 cm³/mol. The van der Waals surface area contributed by atoms with Crippen LogP contribution >= 0.6 is 0 Å². The van der Waals surface area contributed by atoms with Gasteiger partial charge in [0.2, 0.25) is 0 Å². The van der Waals surface area contributed by atoms with Gasteiger partial charge in [-0.05, 0) is 0 Å². The van der Waals surface area contributed by atoms with E-state index in [1.54, 1.807) is 0 Å². The molecule has 22 valence electrons. The van der Waals surface area contributed by atoms with Crippen LogP contribution in [0.15, 0.2) is 0 Å². The van der Waals surface area contributed by atoms with Gasteiger partial charge in [-0.2, -0.15) is 0 Å². The second-order valence-corrected chi connectivity index (χ2v) is 0.789. The third kappa shape index (κ3) is 11.7. The number of hydrogen-bond acceptors (Lipinski definition) is 1. The van der Waals surface area contributed by atoms with Crippen molar-refractivity contribution in [3.8, 4) is 0 Å². The van der Waals surface area contributed by atoms with Crippen molar-refractivity contribution < 1.29 is 0 Å². The van der Waals surface area contributed by atoms with E-state index in [4.69, 9.17) is 5.64 Å². The fourth-order valence-corrected chi connectivity index (χ4v) is 0. The van der Waals surface area contributed by atoms with Gasteiger partial charge in [-0.1, -0.05) is 0 Å². The van der Waals surface area contributed by atoms with Gasteiger partial charge in [-0.3, -0.25) is 0 Å². The van der Waals surface area contributed by atoms with E-state index in [-0.39, 0.29) is 18.9 Å². The molecule has 0 atom stereocenters. The zero-order chi connectivity index (χ0) is 3.41. The third-order valence-electron chi connectivity index (χ3n) is 0.289. The van der Waals surface area contributed by atoms with Crippen molar-refractivity contribution in [2.45, 2.75) is 0 Å². The van der Waals surface area contributed by atoms with Crippen molar-refractivity contribution in [1.82, 2.24) is 0 Å². The van der Waals surface area contributed by atoms with E-state index in [1.165, 1.54) is 0 Å². The Morgan fingerprint density at radius 1 is 1.60 bits per heavy atom. The Bertz CT molecular complexity index is 8.85. The average molecular weight is 60.4 g/mol. The fourth-order valence-electron chi connectivity index (χ4n) is 0. The molecule has 0 radical (unpaired) electrons. The van der Waals surface area contributed by atoms with Crippen molar-refractivity contribution in [3.05, 3.63) is 0 Å². The molecular formula is H7B3LiN. The molecule has 5 heavy (non-hydrogen) atoms. The van der Waals surface area contributed by atoms with E-state index in [0.29, 0.717) is 0 Å². The summed E-state index contributed by atoms with van der Waals surface area (Å²) in [4.78, 5) is 0. The van der Waals surface area contributed by atoms with E-state index in [1.807, 2.05) is 0 Å². The second-order valence-electron chi connectivity index (χ2n) is 0.789. The van der Waals surface area contributed by atoms with E-state index >= 15 is 0 Å². The maximum atomic E-state index is 5.03. The standard InChI is InChI=1S/B3H6N.Li.H/c1-2-3-4;;/h2-3H,1,4H2;;. The van der Waals surface area contributed by atoms with Crippen LogP contribution in [0.3, 0.4) is 0 Å². The van der Waals surface area contributed by atoms with Gasteiger partial charge in [0.1, 0.15) is 7.31 Å². The average Bonchev–Trinajstić information content (AvgIpc) is 1.37. The SMILES string of the molecule is BBBN.[LiH]. The molecule has 0 aromatic rings. The van der Waals surface area contributed by atoms with Crippen molar-refractivity contribution >= 4 is 41.0 Å². The van der Waals surface area contributed by atoms with Crippen LogP contribution in [0.5, 0.6) is 0 Å². The van der Waals surface area contributed by atoms with Crippen molar-refractivity contribution in [2.75, 3.05) is 0 Å². The van der Waals surface area contributed by atoms with Crippen LogP contribution in [-0.4, -0.2) is 41.0 Å². The topological polar surface area (TPSA) is 26.0 Å². The van der Waals surface area contributed by atoms with Crippen LogP contribution in [0.4, 0.5) is 0 Å². The van der Waals surface area contributed by atoms with Crippen LogP contribution in [0.1, 0.15) is 0 Å². The van der Waals surface area contributed by atoms with Crippen LogP contribution in [0, 0.1) is 0 Å². The summed E-state index contributed by atoms with van der Waals surface area (Å²) in [7, 11) is 3.97. The van der Waals surface area contributed by atoms with Gasteiger partial charge in [0.15, 0.2) is 0 Å². The molecule has 0 aromatic carbocycles. The first-order valence-corrected chi connectivity index (χ1v) is 1.62. The molecule has 0 aromatic heterocycles. The van der Waals surface area contributed by atoms with Gasteiger partial charge in [0.25, 0.3) is 0 Å². The summed E-state index contributed by atoms with van der Waals surface area (Å²) in [6.07, 6.45) is 0. The Morgan fingerprint density at radius 3 is 1.80 bits per heavy atom. The predicted octanol–water partition coefficient (Wildman–Crippen LogP) is -3.45. The molecule has 0 heterocycles. The Kier molecular flexibility index (Phi) is 16.3. The normalized spacial score (nSPS) is 4.20. The summed E-state index contributed by atoms with van der Waals surface area (Å²) in [5, 5.41) is 0. The van der Waals surface area contributed by atoms with E-state index in [0.717, 1.165) is 14.4 Å². The number of nitrogens with two attached hydrogens (primary N) is 1. The molecule has 0 spiro atoms. The van der Waals surface area contributed by atoms with E-state index < -0.39 is 0 Å². The first-order chi connectivity index (χ1) is 1.91. The van der Waals surface area contributed by atoms with Crippen LogP contribution < -0.4 is 5.64 Å². The third-order valence-corrected chi connectivity index (χ3v) is 0.289. The molecular weight excluding hydrogens is 53.4 g/mol. The number of rotatable bonds is 1. The molecule has 0 saturated heterocycles. The molecule has 0 aliphatic carbocycles. The van der Waals surface area contributed by atoms with Gasteiger partial charge in [0, 0.05) is 0 Å². The van der Waals surface area contributed by atoms with Gasteiger partial charge >= 0.3 is 18.9 Å². The molecule has 0 fully saturated rings. The summed E-state index contributed by atoms with van der Waals surface area (Å²) in [6, 6.07) is 0. The van der Waals surface area contributed by atoms with E-state index in [9.17, 15) is 0 Å². The molecule has 0 aliphatic heterocycles. The molecule has 0 bridgehead atoms. The fraction of sp³-hybridized carbons (Fsp3) is 0. The Hall–Kier alpha value is 0.752. The molecule has 0 amide bonds. The maximum absolute atomic E-state index is 5.03. The zero-order valence-corrected chi connectivity index (χ0v) is 2.99. The van der Waals surface area contributed by atoms with Gasteiger partial charge < -0.3 is 5.64 Å². The monoisotopic (exact) mass is 61.1 g/mol. The minimum atomic E-state index is 0. The summed E-state index contributed by atoms with van der Waals surface area (Å²) in [5.74, 6) is 0. The molecule has 0 aliphatic rings. The van der Waals surface area contributed by atoms with E-state index in [2.05, 4.69) is 7.74 Å². The number of hydrogen-bond donors (Lipinski definition) is 1. The van der Waals surface area contributed by atoms with Crippen LogP contribution in [0.25, 0.3) is 0 Å². The van der Waals surface area contributed by atoms with Crippen LogP contribution in [0.2, 0.25) is 0 Å². The first kappa shape index (κ1) is 9.23. The second kappa shape index (κ2) is 8.83. The molecule has 0 rings (SSSR count). The summed E-state index contributed by atoms with van der Waals surface area (Å²) >= 11 is 0. The van der Waals surface area contributed by atoms with Crippen molar-refractivity contribution in [3.63, 3.8) is 0 Å². The zero-order valence-electron chi connectivity index (χ0n) is 2.99. The van der Waals surface area contributed by atoms with Gasteiger partial charge in [0.05, 0.1) is 14.8 Å². The quantitative estimate of drug-likeness (QED) is 0.313. The Balaban J connectivity index is 0. The minimum absolute atomic E-state index is 0. The van der Waals surface area contributed by atoms with Crippen molar-refractivity contribution in [1.29, 1.82) is 0 Å². The molecule has 0 saturated carbocycles. The Labute approximate surface area is 47.1 Å². The van der Waals surface area contributed by atoms with Crippen molar-refractivity contribution in [2.24, 2.45) is 5.64 Å². The summed E-state index contributed by atoms with van der Waals surface area (Å²) in [6.45, 7) is 0. The summed E-state index contributed by atoms with van der Waals surface area (Å²) in [5.41, 5.74) is 5.03.